The van der Waals surface area contributed by atoms with E-state index in [1.165, 1.54) is 0 Å². The van der Waals surface area contributed by atoms with E-state index >= 15 is 0 Å². The van der Waals surface area contributed by atoms with Crippen LogP contribution in [-0.2, 0) is 0 Å². The van der Waals surface area contributed by atoms with Crippen LogP contribution in [0.4, 0.5) is 0 Å². The highest BCUT2D eigenvalue weighted by Gasteiger charge is 2.11. The molecule has 1 aromatic carbocycles. The summed E-state index contributed by atoms with van der Waals surface area (Å²) in [7, 11) is 3.26. The largest absolute Gasteiger partial charge is 0.497 e. The van der Waals surface area contributed by atoms with Gasteiger partial charge in [-0.3, -0.25) is 4.40 Å². The summed E-state index contributed by atoms with van der Waals surface area (Å²) < 4.78 is 12.5. The van der Waals surface area contributed by atoms with Crippen LogP contribution in [0, 0.1) is 0 Å². The molecule has 3 aromatic rings. The molecule has 0 amide bonds. The molecule has 2 aromatic heterocycles. The summed E-state index contributed by atoms with van der Waals surface area (Å²) in [5.41, 5.74) is 2.61. The monoisotopic (exact) mass is 255 g/mol. The van der Waals surface area contributed by atoms with Gasteiger partial charge in [-0.2, -0.15) is 0 Å². The van der Waals surface area contributed by atoms with Crippen LogP contribution in [-0.4, -0.2) is 28.6 Å². The third-order valence-electron chi connectivity index (χ3n) is 2.95. The normalized spacial score (nSPS) is 10.6. The van der Waals surface area contributed by atoms with Crippen molar-refractivity contribution in [2.75, 3.05) is 14.2 Å². The number of rotatable bonds is 3. The molecule has 0 saturated carbocycles. The van der Waals surface area contributed by atoms with Crippen molar-refractivity contribution >= 4 is 5.65 Å². The number of fused-ring (bicyclic) bond motifs is 1. The van der Waals surface area contributed by atoms with Gasteiger partial charge in [-0.15, -0.1) is 0 Å². The van der Waals surface area contributed by atoms with Gasteiger partial charge in [0.05, 0.1) is 19.9 Å². The first kappa shape index (κ1) is 11.5. The van der Waals surface area contributed by atoms with Gasteiger partial charge in [0.2, 0.25) is 0 Å². The second kappa shape index (κ2) is 4.61. The maximum absolute atomic E-state index is 5.39. The Bertz CT molecular complexity index is 689. The van der Waals surface area contributed by atoms with Crippen LogP contribution in [0.5, 0.6) is 11.5 Å². The molecule has 0 spiro atoms. The molecule has 0 radical (unpaired) electrons. The van der Waals surface area contributed by atoms with Crippen molar-refractivity contribution in [3.8, 4) is 22.8 Å². The second-order valence-corrected chi connectivity index (χ2v) is 4.04. The molecule has 0 atom stereocenters. The van der Waals surface area contributed by atoms with Gasteiger partial charge in [0.1, 0.15) is 23.5 Å². The Kier molecular flexibility index (Phi) is 2.79. The average molecular weight is 255 g/mol. The fraction of sp³-hybridized carbons (Fsp3) is 0.143. The molecule has 0 aliphatic carbocycles. The Hall–Kier alpha value is -2.56. The van der Waals surface area contributed by atoms with Crippen LogP contribution in [0.3, 0.4) is 0 Å². The van der Waals surface area contributed by atoms with Crippen molar-refractivity contribution in [1.29, 1.82) is 0 Å². The van der Waals surface area contributed by atoms with Crippen LogP contribution < -0.4 is 9.47 Å². The van der Waals surface area contributed by atoms with Crippen LogP contribution in [0.2, 0.25) is 0 Å². The molecule has 2 heterocycles. The first-order valence-corrected chi connectivity index (χ1v) is 5.83. The molecule has 0 unspecified atom stereocenters. The van der Waals surface area contributed by atoms with Gasteiger partial charge in [0, 0.05) is 24.0 Å². The zero-order valence-corrected chi connectivity index (χ0v) is 10.7. The van der Waals surface area contributed by atoms with Gasteiger partial charge in [0.15, 0.2) is 0 Å². The van der Waals surface area contributed by atoms with Crippen LogP contribution in [0.25, 0.3) is 16.9 Å². The molecule has 0 N–H and O–H groups in total. The van der Waals surface area contributed by atoms with Crippen LogP contribution in [0.1, 0.15) is 0 Å². The lowest BCUT2D eigenvalue weighted by Crippen LogP contribution is -1.90. The summed E-state index contributed by atoms with van der Waals surface area (Å²) in [5, 5.41) is 0. The van der Waals surface area contributed by atoms with E-state index in [1.54, 1.807) is 26.7 Å². The van der Waals surface area contributed by atoms with Crippen molar-refractivity contribution in [3.63, 3.8) is 0 Å². The Balaban J connectivity index is 2.15. The standard InChI is InChI=1S/C14H13N3O2/c1-18-10-3-4-11(13(7-10)19-2)12-8-17-9-15-6-5-14(17)16-12/h3-9H,1-2H3. The summed E-state index contributed by atoms with van der Waals surface area (Å²) in [6.45, 7) is 0. The zero-order chi connectivity index (χ0) is 13.2. The summed E-state index contributed by atoms with van der Waals surface area (Å²) in [5.74, 6) is 1.49. The summed E-state index contributed by atoms with van der Waals surface area (Å²) >= 11 is 0. The molecule has 19 heavy (non-hydrogen) atoms. The van der Waals surface area contributed by atoms with E-state index in [0.29, 0.717) is 0 Å². The molecule has 5 nitrogen and oxygen atoms in total. The van der Waals surface area contributed by atoms with Crippen molar-refractivity contribution in [2.24, 2.45) is 0 Å². The minimum atomic E-state index is 0.732. The van der Waals surface area contributed by atoms with Gasteiger partial charge in [0.25, 0.3) is 0 Å². The van der Waals surface area contributed by atoms with Crippen LogP contribution >= 0.6 is 0 Å². The minimum Gasteiger partial charge on any atom is -0.497 e. The van der Waals surface area contributed by atoms with Gasteiger partial charge in [-0.25, -0.2) is 9.97 Å². The molecular weight excluding hydrogens is 242 g/mol. The van der Waals surface area contributed by atoms with Crippen LogP contribution in [0.15, 0.2) is 43.0 Å². The highest BCUT2D eigenvalue weighted by Crippen LogP contribution is 2.32. The lowest BCUT2D eigenvalue weighted by atomic mass is 10.1. The highest BCUT2D eigenvalue weighted by atomic mass is 16.5. The van der Waals surface area contributed by atoms with Gasteiger partial charge in [-0.05, 0) is 18.2 Å². The molecule has 0 aliphatic rings. The lowest BCUT2D eigenvalue weighted by Gasteiger charge is -2.08. The van der Waals surface area contributed by atoms with Gasteiger partial charge in [-0.1, -0.05) is 0 Å². The van der Waals surface area contributed by atoms with Crippen molar-refractivity contribution in [3.05, 3.63) is 43.0 Å². The smallest absolute Gasteiger partial charge is 0.140 e. The maximum atomic E-state index is 5.39. The van der Waals surface area contributed by atoms with Crippen molar-refractivity contribution < 1.29 is 9.47 Å². The predicted octanol–water partition coefficient (Wildman–Crippen LogP) is 2.41. The van der Waals surface area contributed by atoms with Gasteiger partial charge < -0.3 is 9.47 Å². The molecule has 0 saturated heterocycles. The molecule has 0 bridgehead atoms. The number of hydrogen-bond donors (Lipinski definition) is 0. The summed E-state index contributed by atoms with van der Waals surface area (Å²) in [4.78, 5) is 8.61. The molecule has 0 aliphatic heterocycles. The fourth-order valence-corrected chi connectivity index (χ4v) is 1.98. The number of hydrogen-bond acceptors (Lipinski definition) is 4. The van der Waals surface area contributed by atoms with Gasteiger partial charge >= 0.3 is 0 Å². The van der Waals surface area contributed by atoms with E-state index < -0.39 is 0 Å². The zero-order valence-electron chi connectivity index (χ0n) is 10.7. The predicted molar refractivity (Wildman–Crippen MR) is 71.5 cm³/mol. The molecule has 96 valence electrons. The van der Waals surface area contributed by atoms with Crippen molar-refractivity contribution in [1.82, 2.24) is 14.4 Å². The van der Waals surface area contributed by atoms with E-state index in [4.69, 9.17) is 9.47 Å². The lowest BCUT2D eigenvalue weighted by molar-refractivity contribution is 0.395. The SMILES string of the molecule is COc1ccc(-c2cn3cnccc3n2)c(OC)c1. The second-order valence-electron chi connectivity index (χ2n) is 4.04. The Labute approximate surface area is 110 Å². The van der Waals surface area contributed by atoms with E-state index in [2.05, 4.69) is 9.97 Å². The number of ether oxygens (including phenoxy) is 2. The number of nitrogens with zero attached hydrogens (tertiary/aromatic N) is 3. The maximum Gasteiger partial charge on any atom is 0.140 e. The first-order chi connectivity index (χ1) is 9.31. The van der Waals surface area contributed by atoms with E-state index in [1.807, 2.05) is 34.9 Å². The van der Waals surface area contributed by atoms with E-state index in [-0.39, 0.29) is 0 Å². The Morgan fingerprint density at radius 3 is 2.74 bits per heavy atom. The molecule has 3 rings (SSSR count). The van der Waals surface area contributed by atoms with E-state index in [0.717, 1.165) is 28.4 Å². The average Bonchev–Trinajstić information content (AvgIpc) is 2.90. The molecular formula is C14H13N3O2. The number of aromatic nitrogens is 3. The number of methoxy groups -OCH3 is 2. The summed E-state index contributed by atoms with van der Waals surface area (Å²) in [6.07, 6.45) is 5.37. The molecule has 5 heteroatoms. The highest BCUT2D eigenvalue weighted by molar-refractivity contribution is 5.70. The third kappa shape index (κ3) is 1.99. The number of imidazole rings is 1. The number of benzene rings is 1. The molecule has 0 fully saturated rings. The summed E-state index contributed by atoms with van der Waals surface area (Å²) in [6, 6.07) is 7.53. The topological polar surface area (TPSA) is 48.7 Å². The third-order valence-corrected chi connectivity index (χ3v) is 2.95. The van der Waals surface area contributed by atoms with E-state index in [9.17, 15) is 0 Å². The minimum absolute atomic E-state index is 0.732. The quantitative estimate of drug-likeness (QED) is 0.721. The Morgan fingerprint density at radius 1 is 1.11 bits per heavy atom. The fourth-order valence-electron chi connectivity index (χ4n) is 1.98. The van der Waals surface area contributed by atoms with Crippen molar-refractivity contribution in [2.45, 2.75) is 0 Å². The Morgan fingerprint density at radius 2 is 2.00 bits per heavy atom. The first-order valence-electron chi connectivity index (χ1n) is 5.83.